The number of allylic oxidation sites excluding steroid dienone is 2. The molecular weight excluding hydrogens is 337 g/mol. The van der Waals surface area contributed by atoms with Crippen LogP contribution in [0.15, 0.2) is 18.2 Å². The number of ether oxygens (including phenoxy) is 1. The van der Waals surface area contributed by atoms with E-state index < -0.39 is 6.36 Å². The normalized spacial score (nSPS) is 19.3. The summed E-state index contributed by atoms with van der Waals surface area (Å²) in [7, 11) is 0. The predicted octanol–water partition coefficient (Wildman–Crippen LogP) is 7.54. The van der Waals surface area contributed by atoms with Gasteiger partial charge in [0.2, 0.25) is 0 Å². The van der Waals surface area contributed by atoms with E-state index in [2.05, 4.69) is 10.8 Å². The summed E-state index contributed by atoms with van der Waals surface area (Å²) in [6.45, 7) is 2.02. The second-order valence-corrected chi connectivity index (χ2v) is 7.61. The second kappa shape index (κ2) is 8.49. The molecule has 1 aromatic rings. The van der Waals surface area contributed by atoms with Gasteiger partial charge in [0.25, 0.3) is 0 Å². The molecule has 0 radical (unpaired) electrons. The Hall–Kier alpha value is -1.45. The van der Waals surface area contributed by atoms with Crippen molar-refractivity contribution in [2.24, 2.45) is 0 Å². The highest BCUT2D eigenvalue weighted by Gasteiger charge is 2.34. The fourth-order valence-corrected chi connectivity index (χ4v) is 4.59. The molecule has 0 unspecified atom stereocenters. The highest BCUT2D eigenvalue weighted by Crippen LogP contribution is 2.44. The average Bonchev–Trinajstić information content (AvgIpc) is 2.63. The number of halogens is 3. The summed E-state index contributed by atoms with van der Waals surface area (Å²) in [6, 6.07) is 3.44. The zero-order chi connectivity index (χ0) is 18.6. The first-order valence-electron chi connectivity index (χ1n) is 10.1. The topological polar surface area (TPSA) is 9.23 Å². The molecule has 1 fully saturated rings. The van der Waals surface area contributed by atoms with Gasteiger partial charge < -0.3 is 4.74 Å². The van der Waals surface area contributed by atoms with Crippen LogP contribution in [0.1, 0.15) is 93.7 Å². The molecule has 0 spiro atoms. The lowest BCUT2D eigenvalue weighted by Crippen LogP contribution is -2.20. The van der Waals surface area contributed by atoms with E-state index >= 15 is 0 Å². The molecule has 1 saturated carbocycles. The van der Waals surface area contributed by atoms with Crippen LogP contribution in [-0.2, 0) is 6.42 Å². The van der Waals surface area contributed by atoms with Crippen LogP contribution in [0.4, 0.5) is 13.2 Å². The quantitative estimate of drug-likeness (QED) is 0.523. The van der Waals surface area contributed by atoms with E-state index in [0.29, 0.717) is 12.3 Å². The number of rotatable bonds is 5. The molecule has 0 atom stereocenters. The Morgan fingerprint density at radius 3 is 2.42 bits per heavy atom. The summed E-state index contributed by atoms with van der Waals surface area (Å²) < 4.78 is 43.3. The third kappa shape index (κ3) is 4.63. The molecule has 0 aliphatic heterocycles. The van der Waals surface area contributed by atoms with Crippen LogP contribution in [0.2, 0.25) is 0 Å². The fourth-order valence-electron chi connectivity index (χ4n) is 4.59. The standard InChI is InChI=1S/C22H29F3O/c1-2-9-19-20(26-22(23,24)25)15-14-18(16-10-5-3-6-11-16)21(19)17-12-7-4-8-13-17/h10,14-15,17H,2-9,11-13H2,1H3. The Balaban J connectivity index is 2.11. The van der Waals surface area contributed by atoms with Crippen molar-refractivity contribution in [3.8, 4) is 5.75 Å². The van der Waals surface area contributed by atoms with Gasteiger partial charge in [0.15, 0.2) is 0 Å². The van der Waals surface area contributed by atoms with E-state index in [0.717, 1.165) is 43.2 Å². The maximum Gasteiger partial charge on any atom is 0.573 e. The van der Waals surface area contributed by atoms with Gasteiger partial charge in [-0.05, 0) is 79.2 Å². The lowest BCUT2D eigenvalue weighted by atomic mass is 9.76. The van der Waals surface area contributed by atoms with Gasteiger partial charge in [0.1, 0.15) is 5.75 Å². The van der Waals surface area contributed by atoms with Crippen molar-refractivity contribution in [2.45, 2.75) is 89.8 Å². The third-order valence-corrected chi connectivity index (χ3v) is 5.69. The van der Waals surface area contributed by atoms with Crippen LogP contribution in [0.3, 0.4) is 0 Å². The Morgan fingerprint density at radius 1 is 1.04 bits per heavy atom. The maximum absolute atomic E-state index is 13.0. The van der Waals surface area contributed by atoms with Gasteiger partial charge in [-0.2, -0.15) is 0 Å². The summed E-state index contributed by atoms with van der Waals surface area (Å²) in [5, 5.41) is 0. The first-order valence-corrected chi connectivity index (χ1v) is 10.1. The van der Waals surface area contributed by atoms with Gasteiger partial charge in [-0.25, -0.2) is 0 Å². The van der Waals surface area contributed by atoms with E-state index in [1.54, 1.807) is 6.07 Å². The smallest absolute Gasteiger partial charge is 0.405 e. The molecule has 0 aromatic heterocycles. The molecule has 3 rings (SSSR count). The minimum absolute atomic E-state index is 0.0140. The fraction of sp³-hybridized carbons (Fsp3) is 0.636. The predicted molar refractivity (Wildman–Crippen MR) is 99.4 cm³/mol. The van der Waals surface area contributed by atoms with Gasteiger partial charge in [0, 0.05) is 0 Å². The highest BCUT2D eigenvalue weighted by atomic mass is 19.4. The van der Waals surface area contributed by atoms with Crippen molar-refractivity contribution in [1.82, 2.24) is 0 Å². The van der Waals surface area contributed by atoms with Gasteiger partial charge in [0.05, 0.1) is 0 Å². The number of benzene rings is 1. The number of alkyl halides is 3. The zero-order valence-corrected chi connectivity index (χ0v) is 15.6. The SMILES string of the molecule is CCCc1c(OC(F)(F)F)ccc(C2=CCCCC2)c1C1CCCCC1. The first kappa shape index (κ1) is 19.3. The van der Waals surface area contributed by atoms with Gasteiger partial charge in [-0.1, -0.05) is 44.7 Å². The average molecular weight is 366 g/mol. The molecule has 0 heterocycles. The van der Waals surface area contributed by atoms with Crippen LogP contribution >= 0.6 is 0 Å². The highest BCUT2D eigenvalue weighted by molar-refractivity contribution is 5.72. The van der Waals surface area contributed by atoms with Crippen molar-refractivity contribution < 1.29 is 17.9 Å². The molecule has 144 valence electrons. The molecule has 0 bridgehead atoms. The van der Waals surface area contributed by atoms with E-state index in [-0.39, 0.29) is 5.75 Å². The van der Waals surface area contributed by atoms with Crippen molar-refractivity contribution in [3.63, 3.8) is 0 Å². The van der Waals surface area contributed by atoms with Crippen molar-refractivity contribution in [1.29, 1.82) is 0 Å². The molecule has 4 heteroatoms. The lowest BCUT2D eigenvalue weighted by molar-refractivity contribution is -0.274. The Labute approximate surface area is 154 Å². The van der Waals surface area contributed by atoms with Crippen LogP contribution in [0, 0.1) is 0 Å². The van der Waals surface area contributed by atoms with E-state index in [1.807, 2.05) is 13.0 Å². The maximum atomic E-state index is 13.0. The van der Waals surface area contributed by atoms with E-state index in [4.69, 9.17) is 0 Å². The molecule has 2 aliphatic rings. The summed E-state index contributed by atoms with van der Waals surface area (Å²) >= 11 is 0. The van der Waals surface area contributed by atoms with Crippen LogP contribution in [0.25, 0.3) is 5.57 Å². The van der Waals surface area contributed by atoms with Crippen LogP contribution in [-0.4, -0.2) is 6.36 Å². The molecule has 1 nitrogen and oxygen atoms in total. The zero-order valence-electron chi connectivity index (χ0n) is 15.6. The Bertz CT molecular complexity index is 640. The summed E-state index contributed by atoms with van der Waals surface area (Å²) in [5.41, 5.74) is 4.46. The monoisotopic (exact) mass is 366 g/mol. The Morgan fingerprint density at radius 2 is 1.81 bits per heavy atom. The minimum atomic E-state index is -4.64. The van der Waals surface area contributed by atoms with Crippen LogP contribution < -0.4 is 4.74 Å². The molecule has 2 aliphatic carbocycles. The number of hydrogen-bond acceptors (Lipinski definition) is 1. The Kier molecular flexibility index (Phi) is 6.31. The molecule has 0 saturated heterocycles. The molecule has 0 amide bonds. The van der Waals surface area contributed by atoms with Crippen LogP contribution in [0.5, 0.6) is 5.75 Å². The van der Waals surface area contributed by atoms with Crippen molar-refractivity contribution in [3.05, 3.63) is 34.9 Å². The molecule has 26 heavy (non-hydrogen) atoms. The lowest BCUT2D eigenvalue weighted by Gasteiger charge is -2.30. The third-order valence-electron chi connectivity index (χ3n) is 5.69. The molecular formula is C22H29F3O. The second-order valence-electron chi connectivity index (χ2n) is 7.61. The van der Waals surface area contributed by atoms with E-state index in [9.17, 15) is 13.2 Å². The summed E-state index contributed by atoms with van der Waals surface area (Å²) in [5.74, 6) is 0.375. The molecule has 1 aromatic carbocycles. The summed E-state index contributed by atoms with van der Waals surface area (Å²) in [6.07, 6.45) is 9.30. The number of hydrogen-bond donors (Lipinski definition) is 0. The summed E-state index contributed by atoms with van der Waals surface area (Å²) in [4.78, 5) is 0. The van der Waals surface area contributed by atoms with Gasteiger partial charge in [-0.15, -0.1) is 13.2 Å². The van der Waals surface area contributed by atoms with Gasteiger partial charge >= 0.3 is 6.36 Å². The molecule has 0 N–H and O–H groups in total. The van der Waals surface area contributed by atoms with Crippen molar-refractivity contribution in [2.75, 3.05) is 0 Å². The van der Waals surface area contributed by atoms with E-state index in [1.165, 1.54) is 43.2 Å². The first-order chi connectivity index (χ1) is 12.5. The van der Waals surface area contributed by atoms with Gasteiger partial charge in [-0.3, -0.25) is 0 Å². The largest absolute Gasteiger partial charge is 0.573 e. The minimum Gasteiger partial charge on any atom is -0.405 e. The van der Waals surface area contributed by atoms with Crippen molar-refractivity contribution >= 4 is 5.57 Å².